The number of rotatable bonds is 6. The lowest BCUT2D eigenvalue weighted by Crippen LogP contribution is -2.24. The minimum Gasteiger partial charge on any atom is -0.467 e. The topological polar surface area (TPSA) is 28.4 Å². The van der Waals surface area contributed by atoms with Gasteiger partial charge in [0.15, 0.2) is 0 Å². The van der Waals surface area contributed by atoms with Gasteiger partial charge in [-0.15, -0.1) is 0 Å². The van der Waals surface area contributed by atoms with Gasteiger partial charge >= 0.3 is 0 Å². The zero-order valence-electron chi connectivity index (χ0n) is 12.2. The molecule has 0 aliphatic heterocycles. The van der Waals surface area contributed by atoms with E-state index in [4.69, 9.17) is 16.0 Å². The van der Waals surface area contributed by atoms with Gasteiger partial charge in [-0.05, 0) is 23.8 Å². The van der Waals surface area contributed by atoms with E-state index >= 15 is 0 Å². The summed E-state index contributed by atoms with van der Waals surface area (Å²) < 4.78 is 5.40. The molecule has 0 unspecified atom stereocenters. The van der Waals surface area contributed by atoms with Crippen molar-refractivity contribution in [1.29, 1.82) is 0 Å². The molecule has 108 valence electrons. The number of benzene rings is 1. The molecule has 4 heteroatoms. The Balaban J connectivity index is 2.19. The van der Waals surface area contributed by atoms with E-state index in [0.29, 0.717) is 12.6 Å². The van der Waals surface area contributed by atoms with Gasteiger partial charge in [0.2, 0.25) is 0 Å². The van der Waals surface area contributed by atoms with Gasteiger partial charge in [-0.3, -0.25) is 0 Å². The van der Waals surface area contributed by atoms with Crippen LogP contribution in [0.4, 0.5) is 5.69 Å². The Labute approximate surface area is 125 Å². The molecule has 0 spiro atoms. The normalized spacial score (nSPS) is 11.1. The first-order chi connectivity index (χ1) is 9.58. The van der Waals surface area contributed by atoms with Gasteiger partial charge < -0.3 is 14.6 Å². The second-order valence-corrected chi connectivity index (χ2v) is 5.63. The number of hydrogen-bond donors (Lipinski definition) is 1. The fourth-order valence-corrected chi connectivity index (χ4v) is 2.50. The lowest BCUT2D eigenvalue weighted by molar-refractivity contribution is 0.507. The second kappa shape index (κ2) is 6.82. The molecule has 0 fully saturated rings. The molecular weight excluding hydrogens is 272 g/mol. The average Bonchev–Trinajstić information content (AvgIpc) is 2.88. The summed E-state index contributed by atoms with van der Waals surface area (Å²) in [6.45, 7) is 5.77. The molecule has 0 atom stereocenters. The second-order valence-electron chi connectivity index (χ2n) is 5.22. The molecule has 0 amide bonds. The van der Waals surface area contributed by atoms with Crippen LogP contribution in [-0.4, -0.2) is 13.1 Å². The third-order valence-corrected chi connectivity index (χ3v) is 3.43. The standard InChI is InChI=1S/C16H21ClN2O/c1-12(2)18-10-13-6-4-8-15(17)16(13)19(3)11-14-7-5-9-20-14/h4-9,12,18H,10-11H2,1-3H3. The van der Waals surface area contributed by atoms with Crippen LogP contribution >= 0.6 is 11.6 Å². The van der Waals surface area contributed by atoms with Crippen molar-refractivity contribution in [2.45, 2.75) is 33.0 Å². The largest absolute Gasteiger partial charge is 0.467 e. The summed E-state index contributed by atoms with van der Waals surface area (Å²) in [6.07, 6.45) is 1.69. The molecule has 3 nitrogen and oxygen atoms in total. The van der Waals surface area contributed by atoms with Crippen LogP contribution in [0.2, 0.25) is 5.02 Å². The highest BCUT2D eigenvalue weighted by Crippen LogP contribution is 2.30. The fraction of sp³-hybridized carbons (Fsp3) is 0.375. The summed E-state index contributed by atoms with van der Waals surface area (Å²) in [6, 6.07) is 10.3. The van der Waals surface area contributed by atoms with Crippen molar-refractivity contribution in [3.05, 3.63) is 52.9 Å². The Bertz CT molecular complexity index is 537. The van der Waals surface area contributed by atoms with Gasteiger partial charge in [-0.2, -0.15) is 0 Å². The molecule has 2 rings (SSSR count). The maximum Gasteiger partial charge on any atom is 0.123 e. The summed E-state index contributed by atoms with van der Waals surface area (Å²) in [5, 5.41) is 4.20. The van der Waals surface area contributed by atoms with E-state index in [1.807, 2.05) is 31.3 Å². The number of hydrogen-bond acceptors (Lipinski definition) is 3. The zero-order valence-corrected chi connectivity index (χ0v) is 12.9. The fourth-order valence-electron chi connectivity index (χ4n) is 2.16. The van der Waals surface area contributed by atoms with E-state index in [1.54, 1.807) is 6.26 Å². The molecule has 0 saturated carbocycles. The summed E-state index contributed by atoms with van der Waals surface area (Å²) in [7, 11) is 2.03. The molecule has 1 heterocycles. The van der Waals surface area contributed by atoms with Gasteiger partial charge in [0.25, 0.3) is 0 Å². The van der Waals surface area contributed by atoms with Crippen molar-refractivity contribution in [3.63, 3.8) is 0 Å². The molecule has 0 saturated heterocycles. The molecule has 1 aromatic carbocycles. The van der Waals surface area contributed by atoms with Crippen molar-refractivity contribution in [2.75, 3.05) is 11.9 Å². The summed E-state index contributed by atoms with van der Waals surface area (Å²) in [5.74, 6) is 0.926. The van der Waals surface area contributed by atoms with Crippen LogP contribution in [0.1, 0.15) is 25.2 Å². The van der Waals surface area contributed by atoms with Gasteiger partial charge in [0.1, 0.15) is 5.76 Å². The van der Waals surface area contributed by atoms with Crippen molar-refractivity contribution in [3.8, 4) is 0 Å². The quantitative estimate of drug-likeness (QED) is 0.870. The molecule has 2 aromatic rings. The molecule has 0 aliphatic rings. The predicted octanol–water partition coefficient (Wildman–Crippen LogP) is 4.07. The Hall–Kier alpha value is -1.45. The van der Waals surface area contributed by atoms with Gasteiger partial charge in [0.05, 0.1) is 23.5 Å². The number of furan rings is 1. The molecule has 0 radical (unpaired) electrons. The van der Waals surface area contributed by atoms with Gasteiger partial charge in [-0.25, -0.2) is 0 Å². The van der Waals surface area contributed by atoms with Crippen LogP contribution in [0.25, 0.3) is 0 Å². The molecular formula is C16H21ClN2O. The molecule has 0 aliphatic carbocycles. The maximum absolute atomic E-state index is 6.38. The maximum atomic E-state index is 6.38. The zero-order chi connectivity index (χ0) is 14.5. The summed E-state index contributed by atoms with van der Waals surface area (Å²) >= 11 is 6.38. The molecule has 0 bridgehead atoms. The van der Waals surface area contributed by atoms with Crippen molar-refractivity contribution >= 4 is 17.3 Å². The highest BCUT2D eigenvalue weighted by atomic mass is 35.5. The van der Waals surface area contributed by atoms with E-state index in [1.165, 1.54) is 5.56 Å². The lowest BCUT2D eigenvalue weighted by Gasteiger charge is -2.23. The van der Waals surface area contributed by atoms with Crippen molar-refractivity contribution < 1.29 is 4.42 Å². The third-order valence-electron chi connectivity index (χ3n) is 3.13. The van der Waals surface area contributed by atoms with Crippen molar-refractivity contribution in [2.24, 2.45) is 0 Å². The Morgan fingerprint density at radius 2 is 2.05 bits per heavy atom. The smallest absolute Gasteiger partial charge is 0.123 e. The van der Waals surface area contributed by atoms with Gasteiger partial charge in [-0.1, -0.05) is 37.6 Å². The summed E-state index contributed by atoms with van der Waals surface area (Å²) in [4.78, 5) is 2.12. The SMILES string of the molecule is CC(C)NCc1cccc(Cl)c1N(C)Cc1ccco1. The number of nitrogens with zero attached hydrogens (tertiary/aromatic N) is 1. The minimum absolute atomic E-state index is 0.442. The number of anilines is 1. The Kier molecular flexibility index (Phi) is 5.10. The number of para-hydroxylation sites is 1. The Morgan fingerprint density at radius 1 is 1.25 bits per heavy atom. The first-order valence-electron chi connectivity index (χ1n) is 6.82. The van der Waals surface area contributed by atoms with Crippen LogP contribution in [0.3, 0.4) is 0 Å². The summed E-state index contributed by atoms with van der Waals surface area (Å²) in [5.41, 5.74) is 2.25. The number of halogens is 1. The van der Waals surface area contributed by atoms with Crippen molar-refractivity contribution in [1.82, 2.24) is 5.32 Å². The third kappa shape index (κ3) is 3.78. The van der Waals surface area contributed by atoms with E-state index in [9.17, 15) is 0 Å². The Morgan fingerprint density at radius 3 is 2.70 bits per heavy atom. The van der Waals surface area contributed by atoms with Crippen LogP contribution in [-0.2, 0) is 13.1 Å². The number of nitrogens with one attached hydrogen (secondary N) is 1. The van der Waals surface area contributed by atoms with Crippen LogP contribution in [0, 0.1) is 0 Å². The van der Waals surface area contributed by atoms with Gasteiger partial charge in [0, 0.05) is 19.6 Å². The molecule has 1 N–H and O–H groups in total. The van der Waals surface area contributed by atoms with Crippen LogP contribution in [0.5, 0.6) is 0 Å². The van der Waals surface area contributed by atoms with E-state index in [-0.39, 0.29) is 0 Å². The first-order valence-corrected chi connectivity index (χ1v) is 7.20. The highest BCUT2D eigenvalue weighted by molar-refractivity contribution is 6.33. The average molecular weight is 293 g/mol. The van der Waals surface area contributed by atoms with E-state index in [2.05, 4.69) is 30.1 Å². The van der Waals surface area contributed by atoms with Crippen LogP contribution < -0.4 is 10.2 Å². The first kappa shape index (κ1) is 14.9. The van der Waals surface area contributed by atoms with E-state index < -0.39 is 0 Å². The molecule has 20 heavy (non-hydrogen) atoms. The monoisotopic (exact) mass is 292 g/mol. The minimum atomic E-state index is 0.442. The van der Waals surface area contributed by atoms with Crippen LogP contribution in [0.15, 0.2) is 41.0 Å². The highest BCUT2D eigenvalue weighted by Gasteiger charge is 2.13. The molecule has 1 aromatic heterocycles. The van der Waals surface area contributed by atoms with E-state index in [0.717, 1.165) is 23.0 Å². The predicted molar refractivity (Wildman–Crippen MR) is 84.2 cm³/mol. The lowest BCUT2D eigenvalue weighted by atomic mass is 10.1.